The van der Waals surface area contributed by atoms with Gasteiger partial charge in [-0.2, -0.15) is 0 Å². The Bertz CT molecular complexity index is 1240. The van der Waals surface area contributed by atoms with Gasteiger partial charge in [0.1, 0.15) is 5.52 Å². The second-order valence-corrected chi connectivity index (χ2v) is 6.79. The number of nitro groups is 1. The highest BCUT2D eigenvalue weighted by molar-refractivity contribution is 6.04. The third-order valence-electron chi connectivity index (χ3n) is 4.53. The first-order valence-electron chi connectivity index (χ1n) is 8.95. The predicted octanol–water partition coefficient (Wildman–Crippen LogP) is 5.27. The van der Waals surface area contributed by atoms with Crippen molar-refractivity contribution >= 4 is 28.4 Å². The summed E-state index contributed by atoms with van der Waals surface area (Å²) in [6, 6.07) is 16.6. The van der Waals surface area contributed by atoms with Crippen molar-refractivity contribution in [3.8, 4) is 11.5 Å². The molecule has 0 atom stereocenters. The van der Waals surface area contributed by atoms with Crippen molar-refractivity contribution in [2.75, 3.05) is 5.32 Å². The van der Waals surface area contributed by atoms with Crippen molar-refractivity contribution in [3.05, 3.63) is 87.5 Å². The first-order chi connectivity index (χ1) is 13.9. The Morgan fingerprint density at radius 2 is 1.83 bits per heavy atom. The number of amides is 1. The smallest absolute Gasteiger partial charge is 0.269 e. The van der Waals surface area contributed by atoms with E-state index in [4.69, 9.17) is 4.42 Å². The van der Waals surface area contributed by atoms with Crippen LogP contribution in [0.1, 0.15) is 21.5 Å². The summed E-state index contributed by atoms with van der Waals surface area (Å²) in [7, 11) is 0. The molecule has 1 N–H and O–H groups in total. The Morgan fingerprint density at radius 3 is 2.55 bits per heavy atom. The highest BCUT2D eigenvalue weighted by Gasteiger charge is 2.13. The molecule has 1 amide bonds. The number of rotatable bonds is 4. The highest BCUT2D eigenvalue weighted by Crippen LogP contribution is 2.29. The third kappa shape index (κ3) is 3.70. The van der Waals surface area contributed by atoms with Gasteiger partial charge in [-0.15, -0.1) is 0 Å². The molecule has 144 valence electrons. The Balaban J connectivity index is 1.59. The van der Waals surface area contributed by atoms with Crippen LogP contribution in [0.4, 0.5) is 11.4 Å². The van der Waals surface area contributed by atoms with Crippen molar-refractivity contribution in [2.24, 2.45) is 0 Å². The van der Waals surface area contributed by atoms with Crippen molar-refractivity contribution < 1.29 is 14.1 Å². The fraction of sp³-hybridized carbons (Fsp3) is 0.0909. The van der Waals surface area contributed by atoms with E-state index in [-0.39, 0.29) is 11.6 Å². The van der Waals surface area contributed by atoms with E-state index in [0.717, 1.165) is 27.8 Å². The van der Waals surface area contributed by atoms with Crippen LogP contribution in [0.5, 0.6) is 0 Å². The molecule has 3 aromatic carbocycles. The maximum atomic E-state index is 12.4. The van der Waals surface area contributed by atoms with Crippen LogP contribution in [-0.4, -0.2) is 15.8 Å². The number of aryl methyl sites for hydroxylation is 2. The lowest BCUT2D eigenvalue weighted by Gasteiger charge is -2.06. The van der Waals surface area contributed by atoms with Gasteiger partial charge in [-0.25, -0.2) is 4.98 Å². The van der Waals surface area contributed by atoms with Gasteiger partial charge in [0, 0.05) is 28.9 Å². The first kappa shape index (κ1) is 18.4. The second kappa shape index (κ2) is 7.20. The summed E-state index contributed by atoms with van der Waals surface area (Å²) < 4.78 is 5.93. The summed E-state index contributed by atoms with van der Waals surface area (Å²) in [5.41, 5.74) is 5.23. The Labute approximate surface area is 166 Å². The molecule has 1 heterocycles. The molecule has 0 saturated heterocycles. The maximum absolute atomic E-state index is 12.4. The van der Waals surface area contributed by atoms with Gasteiger partial charge in [-0.05, 0) is 61.4 Å². The van der Waals surface area contributed by atoms with E-state index in [9.17, 15) is 14.9 Å². The number of aromatic nitrogens is 1. The average Bonchev–Trinajstić information content (AvgIpc) is 3.13. The van der Waals surface area contributed by atoms with Crippen LogP contribution in [0.25, 0.3) is 22.6 Å². The fourth-order valence-electron chi connectivity index (χ4n) is 3.17. The van der Waals surface area contributed by atoms with Crippen LogP contribution in [-0.2, 0) is 0 Å². The molecule has 0 unspecified atom stereocenters. The molecule has 7 nitrogen and oxygen atoms in total. The number of fused-ring (bicyclic) bond motifs is 1. The number of benzene rings is 3. The quantitative estimate of drug-likeness (QED) is 0.380. The highest BCUT2D eigenvalue weighted by atomic mass is 16.6. The predicted molar refractivity (Wildman–Crippen MR) is 110 cm³/mol. The molecule has 0 aliphatic heterocycles. The molecular formula is C22H17N3O4. The summed E-state index contributed by atoms with van der Waals surface area (Å²) in [6.07, 6.45) is 0. The van der Waals surface area contributed by atoms with E-state index in [0.29, 0.717) is 17.1 Å². The second-order valence-electron chi connectivity index (χ2n) is 6.79. The average molecular weight is 387 g/mol. The van der Waals surface area contributed by atoms with E-state index in [1.165, 1.54) is 24.3 Å². The van der Waals surface area contributed by atoms with E-state index in [2.05, 4.69) is 10.3 Å². The molecule has 1 aromatic heterocycles. The molecule has 29 heavy (non-hydrogen) atoms. The molecule has 4 rings (SSSR count). The summed E-state index contributed by atoms with van der Waals surface area (Å²) in [5.74, 6) is 0.112. The third-order valence-corrected chi connectivity index (χ3v) is 4.53. The Morgan fingerprint density at radius 1 is 1.07 bits per heavy atom. The van der Waals surface area contributed by atoms with Gasteiger partial charge in [-0.1, -0.05) is 12.1 Å². The lowest BCUT2D eigenvalue weighted by atomic mass is 10.1. The molecule has 0 aliphatic carbocycles. The van der Waals surface area contributed by atoms with Crippen molar-refractivity contribution in [2.45, 2.75) is 13.8 Å². The summed E-state index contributed by atoms with van der Waals surface area (Å²) in [6.45, 7) is 3.99. The Kier molecular flexibility index (Phi) is 4.56. The fourth-order valence-corrected chi connectivity index (χ4v) is 3.17. The minimum atomic E-state index is -0.505. The van der Waals surface area contributed by atoms with Gasteiger partial charge >= 0.3 is 0 Å². The van der Waals surface area contributed by atoms with Gasteiger partial charge in [0.05, 0.1) is 4.92 Å². The van der Waals surface area contributed by atoms with Gasteiger partial charge in [0.2, 0.25) is 5.89 Å². The number of oxazole rings is 1. The zero-order valence-electron chi connectivity index (χ0n) is 15.8. The van der Waals surface area contributed by atoms with E-state index >= 15 is 0 Å². The van der Waals surface area contributed by atoms with Crippen molar-refractivity contribution in [3.63, 3.8) is 0 Å². The number of nitrogens with one attached hydrogen (secondary N) is 1. The molecule has 7 heteroatoms. The minimum absolute atomic E-state index is 0.0648. The van der Waals surface area contributed by atoms with Gasteiger partial charge in [-0.3, -0.25) is 14.9 Å². The lowest BCUT2D eigenvalue weighted by molar-refractivity contribution is -0.384. The minimum Gasteiger partial charge on any atom is -0.436 e. The lowest BCUT2D eigenvalue weighted by Crippen LogP contribution is -2.11. The number of carbonyl (C=O) groups is 1. The zero-order valence-corrected chi connectivity index (χ0v) is 15.8. The summed E-state index contributed by atoms with van der Waals surface area (Å²) >= 11 is 0. The number of carbonyl (C=O) groups excluding carboxylic acids is 1. The number of nitrogens with zero attached hydrogens (tertiary/aromatic N) is 2. The van der Waals surface area contributed by atoms with Crippen LogP contribution in [0.3, 0.4) is 0 Å². The van der Waals surface area contributed by atoms with Crippen LogP contribution in [0.15, 0.2) is 65.1 Å². The number of nitro benzene ring substituents is 1. The zero-order chi connectivity index (χ0) is 20.5. The number of non-ortho nitro benzene ring substituents is 1. The largest absolute Gasteiger partial charge is 0.436 e. The normalized spacial score (nSPS) is 10.8. The molecule has 0 aliphatic rings. The Hall–Kier alpha value is -4.00. The standard InChI is InChI=1S/C22H17N3O4/c1-13-10-14(2)20-19(11-13)24-22(29-20)16-4-3-5-17(12-16)23-21(26)15-6-8-18(9-7-15)25(27)28/h3-12H,1-2H3,(H,23,26). The molecular weight excluding hydrogens is 370 g/mol. The van der Waals surface area contributed by atoms with Gasteiger partial charge in [0.15, 0.2) is 5.58 Å². The number of anilines is 1. The van der Waals surface area contributed by atoms with Crippen LogP contribution >= 0.6 is 0 Å². The van der Waals surface area contributed by atoms with E-state index in [1.807, 2.05) is 32.0 Å². The van der Waals surface area contributed by atoms with Crippen molar-refractivity contribution in [1.29, 1.82) is 0 Å². The van der Waals surface area contributed by atoms with Crippen LogP contribution < -0.4 is 5.32 Å². The molecule has 4 aromatic rings. The van der Waals surface area contributed by atoms with Crippen LogP contribution in [0.2, 0.25) is 0 Å². The molecule has 0 radical (unpaired) electrons. The van der Waals surface area contributed by atoms with Gasteiger partial charge in [0.25, 0.3) is 11.6 Å². The SMILES string of the molecule is Cc1cc(C)c2oc(-c3cccc(NC(=O)c4ccc([N+](=O)[O-])cc4)c3)nc2c1. The maximum Gasteiger partial charge on any atom is 0.269 e. The summed E-state index contributed by atoms with van der Waals surface area (Å²) in [4.78, 5) is 27.2. The molecule has 0 spiro atoms. The topological polar surface area (TPSA) is 98.3 Å². The van der Waals surface area contributed by atoms with Crippen LogP contribution in [0, 0.1) is 24.0 Å². The molecule has 0 fully saturated rings. The molecule has 0 bridgehead atoms. The van der Waals surface area contributed by atoms with E-state index in [1.54, 1.807) is 18.2 Å². The number of hydrogen-bond acceptors (Lipinski definition) is 5. The first-order valence-corrected chi connectivity index (χ1v) is 8.95. The van der Waals surface area contributed by atoms with E-state index < -0.39 is 4.92 Å². The summed E-state index contributed by atoms with van der Waals surface area (Å²) in [5, 5.41) is 13.5. The monoisotopic (exact) mass is 387 g/mol. The van der Waals surface area contributed by atoms with Gasteiger partial charge < -0.3 is 9.73 Å². The number of hydrogen-bond donors (Lipinski definition) is 1. The molecule has 0 saturated carbocycles. The van der Waals surface area contributed by atoms with Crippen molar-refractivity contribution in [1.82, 2.24) is 4.98 Å².